The monoisotopic (exact) mass is 283 g/mol. The van der Waals surface area contributed by atoms with Crippen molar-refractivity contribution in [2.24, 2.45) is 0 Å². The molecule has 0 saturated heterocycles. The Hall–Kier alpha value is -1.44. The van der Waals surface area contributed by atoms with Crippen LogP contribution in [-0.2, 0) is 6.42 Å². The van der Waals surface area contributed by atoms with Crippen molar-refractivity contribution < 1.29 is 14.3 Å². The summed E-state index contributed by atoms with van der Waals surface area (Å²) in [5.74, 6) is 1.38. The first-order valence-corrected chi connectivity index (χ1v) is 6.81. The topological polar surface area (TPSA) is 80.4 Å². The molecule has 2 rings (SSSR count). The molecule has 0 saturated carbocycles. The Morgan fingerprint density at radius 2 is 2.47 bits per heavy atom. The maximum atomic E-state index is 9.77. The van der Waals surface area contributed by atoms with Crippen molar-refractivity contribution in [3.8, 4) is 5.88 Å². The standard InChI is InChI=1S/C12H17N3O3S/c1-9(5-11-3-2-4-17-11)13-6-10(16)8-18-12-7-14-19-15-12/h2-4,7,9-10,13,16H,5-6,8H2,1H3. The molecular weight excluding hydrogens is 266 g/mol. The van der Waals surface area contributed by atoms with Crippen LogP contribution in [-0.4, -0.2) is 39.2 Å². The molecule has 104 valence electrons. The summed E-state index contributed by atoms with van der Waals surface area (Å²) in [4.78, 5) is 0. The molecule has 7 heteroatoms. The summed E-state index contributed by atoms with van der Waals surface area (Å²) in [6.45, 7) is 2.70. The molecule has 0 aliphatic rings. The smallest absolute Gasteiger partial charge is 0.245 e. The predicted molar refractivity (Wildman–Crippen MR) is 71.3 cm³/mol. The van der Waals surface area contributed by atoms with Gasteiger partial charge in [0.1, 0.15) is 24.7 Å². The van der Waals surface area contributed by atoms with Gasteiger partial charge in [0.25, 0.3) is 0 Å². The average molecular weight is 283 g/mol. The number of aliphatic hydroxyl groups is 1. The molecule has 2 aromatic rings. The fourth-order valence-corrected chi connectivity index (χ4v) is 1.96. The summed E-state index contributed by atoms with van der Waals surface area (Å²) in [5, 5.41) is 13.0. The Morgan fingerprint density at radius 1 is 1.58 bits per heavy atom. The largest absolute Gasteiger partial charge is 0.473 e. The number of aliphatic hydroxyl groups excluding tert-OH is 1. The van der Waals surface area contributed by atoms with Crippen LogP contribution in [0.4, 0.5) is 0 Å². The number of rotatable bonds is 8. The number of aromatic nitrogens is 2. The number of hydrogen-bond donors (Lipinski definition) is 2. The highest BCUT2D eigenvalue weighted by Crippen LogP contribution is 2.06. The third kappa shape index (κ3) is 4.98. The van der Waals surface area contributed by atoms with Crippen molar-refractivity contribution in [1.82, 2.24) is 14.1 Å². The van der Waals surface area contributed by atoms with Gasteiger partial charge in [-0.1, -0.05) is 0 Å². The second kappa shape index (κ2) is 7.22. The molecule has 0 aliphatic heterocycles. The van der Waals surface area contributed by atoms with Crippen LogP contribution < -0.4 is 10.1 Å². The van der Waals surface area contributed by atoms with Crippen molar-refractivity contribution in [1.29, 1.82) is 0 Å². The number of nitrogens with zero attached hydrogens (tertiary/aromatic N) is 2. The fraction of sp³-hybridized carbons (Fsp3) is 0.500. The van der Waals surface area contributed by atoms with Crippen LogP contribution in [0.2, 0.25) is 0 Å². The molecule has 0 fully saturated rings. The Kier molecular flexibility index (Phi) is 5.31. The van der Waals surface area contributed by atoms with Crippen LogP contribution >= 0.6 is 11.7 Å². The molecule has 2 heterocycles. The first-order valence-electron chi connectivity index (χ1n) is 6.08. The molecule has 0 aromatic carbocycles. The zero-order valence-electron chi connectivity index (χ0n) is 10.7. The number of ether oxygens (including phenoxy) is 1. The normalized spacial score (nSPS) is 14.2. The molecule has 0 aliphatic carbocycles. The Bertz CT molecular complexity index is 447. The van der Waals surface area contributed by atoms with E-state index in [1.54, 1.807) is 6.26 Å². The number of furan rings is 1. The molecule has 0 spiro atoms. The lowest BCUT2D eigenvalue weighted by atomic mass is 10.2. The molecule has 0 radical (unpaired) electrons. The minimum atomic E-state index is -0.583. The van der Waals surface area contributed by atoms with Crippen molar-refractivity contribution in [2.45, 2.75) is 25.5 Å². The van der Waals surface area contributed by atoms with Gasteiger partial charge in [-0.3, -0.25) is 0 Å². The van der Waals surface area contributed by atoms with Gasteiger partial charge in [-0.25, -0.2) is 0 Å². The maximum Gasteiger partial charge on any atom is 0.245 e. The van der Waals surface area contributed by atoms with Gasteiger partial charge in [0, 0.05) is 19.0 Å². The van der Waals surface area contributed by atoms with Crippen molar-refractivity contribution in [2.75, 3.05) is 13.2 Å². The van der Waals surface area contributed by atoms with Gasteiger partial charge < -0.3 is 19.6 Å². The van der Waals surface area contributed by atoms with Crippen LogP contribution in [0, 0.1) is 0 Å². The molecule has 6 nitrogen and oxygen atoms in total. The van der Waals surface area contributed by atoms with Gasteiger partial charge in [-0.05, 0) is 19.1 Å². The Balaban J connectivity index is 1.61. The van der Waals surface area contributed by atoms with Gasteiger partial charge in [-0.2, -0.15) is 4.37 Å². The van der Waals surface area contributed by atoms with Gasteiger partial charge in [-0.15, -0.1) is 4.37 Å². The van der Waals surface area contributed by atoms with E-state index < -0.39 is 6.10 Å². The zero-order valence-corrected chi connectivity index (χ0v) is 11.5. The van der Waals surface area contributed by atoms with E-state index in [1.165, 1.54) is 6.20 Å². The molecule has 19 heavy (non-hydrogen) atoms. The van der Waals surface area contributed by atoms with E-state index in [2.05, 4.69) is 14.1 Å². The maximum absolute atomic E-state index is 9.77. The highest BCUT2D eigenvalue weighted by molar-refractivity contribution is 6.99. The van der Waals surface area contributed by atoms with Gasteiger partial charge in [0.2, 0.25) is 5.88 Å². The summed E-state index contributed by atoms with van der Waals surface area (Å²) in [7, 11) is 0. The first kappa shape index (κ1) is 14.0. The van der Waals surface area contributed by atoms with E-state index in [4.69, 9.17) is 9.15 Å². The van der Waals surface area contributed by atoms with Crippen LogP contribution in [0.3, 0.4) is 0 Å². The van der Waals surface area contributed by atoms with Crippen molar-refractivity contribution in [3.63, 3.8) is 0 Å². The van der Waals surface area contributed by atoms with E-state index >= 15 is 0 Å². The summed E-state index contributed by atoms with van der Waals surface area (Å²) in [5.41, 5.74) is 0. The van der Waals surface area contributed by atoms with Crippen LogP contribution in [0.5, 0.6) is 5.88 Å². The molecule has 2 aromatic heterocycles. The van der Waals surface area contributed by atoms with Gasteiger partial charge in [0.15, 0.2) is 0 Å². The first-order chi connectivity index (χ1) is 9.24. The van der Waals surface area contributed by atoms with Gasteiger partial charge in [0.05, 0.1) is 18.0 Å². The second-order valence-corrected chi connectivity index (χ2v) is 4.86. The minimum absolute atomic E-state index is 0.200. The summed E-state index contributed by atoms with van der Waals surface area (Å²) >= 11 is 1.08. The van der Waals surface area contributed by atoms with E-state index in [0.29, 0.717) is 12.4 Å². The molecule has 2 unspecified atom stereocenters. The molecular formula is C12H17N3O3S. The Morgan fingerprint density at radius 3 is 3.16 bits per heavy atom. The summed E-state index contributed by atoms with van der Waals surface area (Å²) in [6.07, 6.45) is 3.40. The second-order valence-electron chi connectivity index (χ2n) is 4.30. The van der Waals surface area contributed by atoms with E-state index in [-0.39, 0.29) is 12.6 Å². The Labute approximate surface area is 115 Å². The van der Waals surface area contributed by atoms with Crippen LogP contribution in [0.25, 0.3) is 0 Å². The third-order valence-electron chi connectivity index (χ3n) is 2.55. The average Bonchev–Trinajstić information content (AvgIpc) is 3.06. The van der Waals surface area contributed by atoms with E-state index in [0.717, 1.165) is 23.9 Å². The highest BCUT2D eigenvalue weighted by Gasteiger charge is 2.10. The SMILES string of the molecule is CC(Cc1ccco1)NCC(O)COc1cnsn1. The zero-order chi connectivity index (χ0) is 13.5. The van der Waals surface area contributed by atoms with Crippen LogP contribution in [0.15, 0.2) is 29.0 Å². The molecule has 0 bridgehead atoms. The lowest BCUT2D eigenvalue weighted by molar-refractivity contribution is 0.102. The fourth-order valence-electron chi connectivity index (χ4n) is 1.60. The van der Waals surface area contributed by atoms with Crippen molar-refractivity contribution in [3.05, 3.63) is 30.4 Å². The summed E-state index contributed by atoms with van der Waals surface area (Å²) < 4.78 is 18.3. The van der Waals surface area contributed by atoms with E-state index in [1.807, 2.05) is 19.1 Å². The lowest BCUT2D eigenvalue weighted by Gasteiger charge is -2.16. The molecule has 2 N–H and O–H groups in total. The highest BCUT2D eigenvalue weighted by atomic mass is 32.1. The summed E-state index contributed by atoms with van der Waals surface area (Å²) in [6, 6.07) is 4.03. The minimum Gasteiger partial charge on any atom is -0.473 e. The number of nitrogens with one attached hydrogen (secondary N) is 1. The van der Waals surface area contributed by atoms with Crippen LogP contribution in [0.1, 0.15) is 12.7 Å². The predicted octanol–water partition coefficient (Wildman–Crippen LogP) is 1.09. The third-order valence-corrected chi connectivity index (χ3v) is 3.02. The van der Waals surface area contributed by atoms with Gasteiger partial charge >= 0.3 is 0 Å². The number of hydrogen-bond acceptors (Lipinski definition) is 7. The molecule has 2 atom stereocenters. The quantitative estimate of drug-likeness (QED) is 0.755. The van der Waals surface area contributed by atoms with Crippen molar-refractivity contribution >= 4 is 11.7 Å². The van der Waals surface area contributed by atoms with E-state index in [9.17, 15) is 5.11 Å². The molecule has 0 amide bonds. The lowest BCUT2D eigenvalue weighted by Crippen LogP contribution is -2.37.